The lowest BCUT2D eigenvalue weighted by Gasteiger charge is -2.48. The summed E-state index contributed by atoms with van der Waals surface area (Å²) < 4.78 is 0. The summed E-state index contributed by atoms with van der Waals surface area (Å²) in [6.07, 6.45) is 6.80. The molecule has 21 heavy (non-hydrogen) atoms. The maximum absolute atomic E-state index is 3.80. The highest BCUT2D eigenvalue weighted by Crippen LogP contribution is 2.38. The minimum atomic E-state index is 0.435. The van der Waals surface area contributed by atoms with E-state index in [2.05, 4.69) is 49.2 Å². The van der Waals surface area contributed by atoms with Crippen LogP contribution in [0.2, 0.25) is 0 Å². The summed E-state index contributed by atoms with van der Waals surface area (Å²) in [7, 11) is 0. The van der Waals surface area contributed by atoms with Gasteiger partial charge in [-0.1, -0.05) is 38.0 Å². The Morgan fingerprint density at radius 3 is 2.62 bits per heavy atom. The molecule has 2 fully saturated rings. The highest BCUT2D eigenvalue weighted by molar-refractivity contribution is 5.30. The third kappa shape index (κ3) is 3.02. The first-order chi connectivity index (χ1) is 10.1. The molecular formula is C19H30N2. The molecule has 1 spiro atoms. The summed E-state index contributed by atoms with van der Waals surface area (Å²) in [5, 5.41) is 3.80. The van der Waals surface area contributed by atoms with Crippen molar-refractivity contribution in [3.8, 4) is 0 Å². The molecule has 3 rings (SSSR count). The molecule has 2 heteroatoms. The number of nitrogens with one attached hydrogen (secondary N) is 1. The summed E-state index contributed by atoms with van der Waals surface area (Å²) in [6.45, 7) is 10.3. The van der Waals surface area contributed by atoms with Gasteiger partial charge in [0.1, 0.15) is 0 Å². The third-order valence-electron chi connectivity index (χ3n) is 5.80. The molecule has 1 N–H and O–H groups in total. The molecule has 2 nitrogen and oxygen atoms in total. The van der Waals surface area contributed by atoms with Gasteiger partial charge in [-0.05, 0) is 49.8 Å². The summed E-state index contributed by atoms with van der Waals surface area (Å²) >= 11 is 0. The van der Waals surface area contributed by atoms with E-state index in [0.717, 1.165) is 6.54 Å². The normalized spacial score (nSPS) is 25.6. The van der Waals surface area contributed by atoms with Gasteiger partial charge in [-0.2, -0.15) is 0 Å². The largest absolute Gasteiger partial charge is 0.311 e. The van der Waals surface area contributed by atoms with Crippen molar-refractivity contribution in [1.82, 2.24) is 10.2 Å². The van der Waals surface area contributed by atoms with E-state index >= 15 is 0 Å². The SMILES string of the molecule is CCC1CN(Cc2ccc(C)c(C)c2)C2(CCCC2)CN1. The van der Waals surface area contributed by atoms with Crippen LogP contribution >= 0.6 is 0 Å². The van der Waals surface area contributed by atoms with Crippen LogP contribution in [0.3, 0.4) is 0 Å². The molecule has 2 aliphatic rings. The van der Waals surface area contributed by atoms with E-state index in [1.165, 1.54) is 61.9 Å². The fraction of sp³-hybridized carbons (Fsp3) is 0.684. The fourth-order valence-electron chi connectivity index (χ4n) is 4.12. The van der Waals surface area contributed by atoms with E-state index in [1.807, 2.05) is 0 Å². The van der Waals surface area contributed by atoms with Gasteiger partial charge in [0, 0.05) is 31.2 Å². The molecule has 0 aromatic heterocycles. The maximum atomic E-state index is 3.80. The molecule has 1 atom stereocenters. The molecular weight excluding hydrogens is 256 g/mol. The van der Waals surface area contributed by atoms with E-state index in [4.69, 9.17) is 0 Å². The van der Waals surface area contributed by atoms with Crippen molar-refractivity contribution >= 4 is 0 Å². The number of aryl methyl sites for hydroxylation is 2. The number of piperazine rings is 1. The highest BCUT2D eigenvalue weighted by atomic mass is 15.3. The van der Waals surface area contributed by atoms with Crippen molar-refractivity contribution in [3.05, 3.63) is 34.9 Å². The first-order valence-electron chi connectivity index (χ1n) is 8.67. The van der Waals surface area contributed by atoms with E-state index in [9.17, 15) is 0 Å². The van der Waals surface area contributed by atoms with Crippen molar-refractivity contribution in [2.24, 2.45) is 0 Å². The van der Waals surface area contributed by atoms with Crippen LogP contribution in [-0.2, 0) is 6.54 Å². The molecule has 1 aromatic rings. The molecule has 0 bridgehead atoms. The predicted octanol–water partition coefficient (Wildman–Crippen LogP) is 3.80. The third-order valence-corrected chi connectivity index (χ3v) is 5.80. The van der Waals surface area contributed by atoms with Gasteiger partial charge in [0.25, 0.3) is 0 Å². The van der Waals surface area contributed by atoms with Crippen LogP contribution in [0.15, 0.2) is 18.2 Å². The van der Waals surface area contributed by atoms with Gasteiger partial charge in [-0.15, -0.1) is 0 Å². The Bertz CT molecular complexity index is 488. The van der Waals surface area contributed by atoms with Crippen LogP contribution in [0.25, 0.3) is 0 Å². The molecule has 1 saturated heterocycles. The molecule has 1 aliphatic heterocycles. The summed E-state index contributed by atoms with van der Waals surface area (Å²) in [6, 6.07) is 7.67. The van der Waals surface area contributed by atoms with Gasteiger partial charge < -0.3 is 5.32 Å². The zero-order chi connectivity index (χ0) is 14.9. The Morgan fingerprint density at radius 2 is 1.95 bits per heavy atom. The molecule has 0 radical (unpaired) electrons. The average molecular weight is 286 g/mol. The van der Waals surface area contributed by atoms with Crippen LogP contribution in [0.1, 0.15) is 55.7 Å². The van der Waals surface area contributed by atoms with Gasteiger partial charge >= 0.3 is 0 Å². The maximum Gasteiger partial charge on any atom is 0.0338 e. The van der Waals surface area contributed by atoms with Gasteiger partial charge in [0.15, 0.2) is 0 Å². The van der Waals surface area contributed by atoms with Crippen LogP contribution in [0.4, 0.5) is 0 Å². The monoisotopic (exact) mass is 286 g/mol. The number of hydrogen-bond acceptors (Lipinski definition) is 2. The highest BCUT2D eigenvalue weighted by Gasteiger charge is 2.42. The Hall–Kier alpha value is -0.860. The average Bonchev–Trinajstić information content (AvgIpc) is 2.95. The second-order valence-corrected chi connectivity index (χ2v) is 7.22. The topological polar surface area (TPSA) is 15.3 Å². The number of rotatable bonds is 3. The second-order valence-electron chi connectivity index (χ2n) is 7.22. The minimum Gasteiger partial charge on any atom is -0.311 e. The molecule has 1 saturated carbocycles. The Kier molecular flexibility index (Phi) is 4.37. The lowest BCUT2D eigenvalue weighted by molar-refractivity contribution is 0.0349. The van der Waals surface area contributed by atoms with Crippen molar-refractivity contribution in [1.29, 1.82) is 0 Å². The van der Waals surface area contributed by atoms with Gasteiger partial charge in [-0.25, -0.2) is 0 Å². The molecule has 1 aromatic carbocycles. The minimum absolute atomic E-state index is 0.435. The van der Waals surface area contributed by atoms with Gasteiger partial charge in [0.05, 0.1) is 0 Å². The zero-order valence-electron chi connectivity index (χ0n) is 13.9. The van der Waals surface area contributed by atoms with Crippen LogP contribution in [0.5, 0.6) is 0 Å². The lowest BCUT2D eigenvalue weighted by atomic mass is 9.89. The van der Waals surface area contributed by atoms with Crippen molar-refractivity contribution < 1.29 is 0 Å². The number of hydrogen-bond donors (Lipinski definition) is 1. The second kappa shape index (κ2) is 6.10. The van der Waals surface area contributed by atoms with Crippen LogP contribution in [0, 0.1) is 13.8 Å². The molecule has 1 unspecified atom stereocenters. The number of nitrogens with zero attached hydrogens (tertiary/aromatic N) is 1. The molecule has 1 heterocycles. The summed E-state index contributed by atoms with van der Waals surface area (Å²) in [4.78, 5) is 2.80. The smallest absolute Gasteiger partial charge is 0.0338 e. The Balaban J connectivity index is 1.80. The van der Waals surface area contributed by atoms with E-state index < -0.39 is 0 Å². The quantitative estimate of drug-likeness (QED) is 0.909. The van der Waals surface area contributed by atoms with Gasteiger partial charge in [-0.3, -0.25) is 4.90 Å². The Morgan fingerprint density at radius 1 is 1.19 bits per heavy atom. The summed E-state index contributed by atoms with van der Waals surface area (Å²) in [5.41, 5.74) is 4.75. The standard InChI is InChI=1S/C19H30N2/c1-4-18-13-21(19(14-20-18)9-5-6-10-19)12-17-8-7-15(2)16(3)11-17/h7-8,11,18,20H,4-6,9-10,12-14H2,1-3H3. The molecule has 1 aliphatic carbocycles. The molecule has 0 amide bonds. The first kappa shape index (κ1) is 15.1. The van der Waals surface area contributed by atoms with E-state index in [1.54, 1.807) is 0 Å². The van der Waals surface area contributed by atoms with Crippen molar-refractivity contribution in [2.75, 3.05) is 13.1 Å². The fourth-order valence-corrected chi connectivity index (χ4v) is 4.12. The number of benzene rings is 1. The van der Waals surface area contributed by atoms with E-state index in [-0.39, 0.29) is 0 Å². The molecule has 116 valence electrons. The zero-order valence-corrected chi connectivity index (χ0v) is 13.9. The van der Waals surface area contributed by atoms with Gasteiger partial charge in [0.2, 0.25) is 0 Å². The van der Waals surface area contributed by atoms with Crippen molar-refractivity contribution in [3.63, 3.8) is 0 Å². The van der Waals surface area contributed by atoms with Crippen LogP contribution < -0.4 is 5.32 Å². The van der Waals surface area contributed by atoms with E-state index in [0.29, 0.717) is 11.6 Å². The summed E-state index contributed by atoms with van der Waals surface area (Å²) in [5.74, 6) is 0. The van der Waals surface area contributed by atoms with Crippen molar-refractivity contribution in [2.45, 2.75) is 71.0 Å². The Labute approximate surface area is 129 Å². The van der Waals surface area contributed by atoms with Crippen LogP contribution in [-0.4, -0.2) is 29.6 Å². The first-order valence-corrected chi connectivity index (χ1v) is 8.67. The predicted molar refractivity (Wildman–Crippen MR) is 89.6 cm³/mol. The lowest BCUT2D eigenvalue weighted by Crippen LogP contribution is -2.62.